The number of aromatic nitrogens is 3. The Morgan fingerprint density at radius 2 is 2.00 bits per heavy atom. The standard InChI is InChI=1S/C22H24N6O6/c29-10-12-5-15(11-30)26(7-12)22(34)17-9-28(25-24-17)14-1-2-16-13(6-14)8-27(21(16)33)18-3-4-19(31)23-20(18)32/h1-2,6,9,12,15,18,29-30H,3-5,7-8,10-11H2,(H,23,31,32). The van der Waals surface area contributed by atoms with Gasteiger partial charge < -0.3 is 20.0 Å². The molecule has 0 aliphatic carbocycles. The van der Waals surface area contributed by atoms with Crippen molar-refractivity contribution in [1.29, 1.82) is 0 Å². The fraction of sp³-hybridized carbons (Fsp3) is 0.455. The molecule has 0 radical (unpaired) electrons. The maximum atomic E-state index is 12.9. The molecule has 1 aromatic carbocycles. The Bertz CT molecular complexity index is 1180. The van der Waals surface area contributed by atoms with E-state index in [2.05, 4.69) is 15.6 Å². The van der Waals surface area contributed by atoms with Gasteiger partial charge in [0.25, 0.3) is 11.8 Å². The smallest absolute Gasteiger partial charge is 0.276 e. The minimum absolute atomic E-state index is 0.0589. The SMILES string of the molecule is O=C1CCC(N2Cc3cc(-n4cc(C(=O)N5CC(CO)CC5CO)nn4)ccc3C2=O)C(=O)N1. The number of hydrogen-bond acceptors (Lipinski definition) is 8. The largest absolute Gasteiger partial charge is 0.396 e. The minimum Gasteiger partial charge on any atom is -0.396 e. The number of benzene rings is 1. The molecule has 34 heavy (non-hydrogen) atoms. The van der Waals surface area contributed by atoms with Gasteiger partial charge in [0.05, 0.1) is 24.5 Å². The topological polar surface area (TPSA) is 158 Å². The molecule has 2 saturated heterocycles. The molecule has 5 rings (SSSR count). The van der Waals surface area contributed by atoms with Crippen LogP contribution in [0.25, 0.3) is 5.69 Å². The highest BCUT2D eigenvalue weighted by atomic mass is 16.3. The summed E-state index contributed by atoms with van der Waals surface area (Å²) in [5.41, 5.74) is 1.89. The number of nitrogens with one attached hydrogen (secondary N) is 1. The molecule has 0 bridgehead atoms. The van der Waals surface area contributed by atoms with Gasteiger partial charge in [-0.2, -0.15) is 0 Å². The molecule has 3 aliphatic heterocycles. The van der Waals surface area contributed by atoms with Gasteiger partial charge in [0.2, 0.25) is 11.8 Å². The second-order valence-corrected chi connectivity index (χ2v) is 8.87. The molecule has 0 saturated carbocycles. The van der Waals surface area contributed by atoms with E-state index in [9.17, 15) is 29.4 Å². The van der Waals surface area contributed by atoms with Crippen LogP contribution in [0.1, 0.15) is 45.7 Å². The summed E-state index contributed by atoms with van der Waals surface area (Å²) in [6.07, 6.45) is 2.48. The van der Waals surface area contributed by atoms with Crippen molar-refractivity contribution in [2.45, 2.75) is 37.9 Å². The fourth-order valence-electron chi connectivity index (χ4n) is 4.91. The number of aliphatic hydroxyl groups is 2. The van der Waals surface area contributed by atoms with Gasteiger partial charge in [-0.05, 0) is 36.6 Å². The van der Waals surface area contributed by atoms with E-state index in [1.54, 1.807) is 18.2 Å². The molecule has 12 heteroatoms. The molecule has 178 valence electrons. The van der Waals surface area contributed by atoms with Crippen LogP contribution in [0.15, 0.2) is 24.4 Å². The second-order valence-electron chi connectivity index (χ2n) is 8.87. The number of carbonyl (C=O) groups is 4. The molecule has 4 amide bonds. The number of imide groups is 1. The van der Waals surface area contributed by atoms with Crippen LogP contribution < -0.4 is 5.32 Å². The summed E-state index contributed by atoms with van der Waals surface area (Å²) >= 11 is 0. The van der Waals surface area contributed by atoms with Gasteiger partial charge in [-0.3, -0.25) is 24.5 Å². The van der Waals surface area contributed by atoms with E-state index < -0.39 is 11.9 Å². The van der Waals surface area contributed by atoms with Crippen molar-refractivity contribution < 1.29 is 29.4 Å². The Labute approximate surface area is 194 Å². The third-order valence-corrected chi connectivity index (χ3v) is 6.72. The number of hydrogen-bond donors (Lipinski definition) is 3. The molecule has 2 fully saturated rings. The molecule has 1 aromatic heterocycles. The van der Waals surface area contributed by atoms with Crippen LogP contribution in [0, 0.1) is 5.92 Å². The molecule has 3 atom stereocenters. The summed E-state index contributed by atoms with van der Waals surface area (Å²) in [7, 11) is 0. The van der Waals surface area contributed by atoms with E-state index in [1.165, 1.54) is 20.7 Å². The average molecular weight is 468 g/mol. The van der Waals surface area contributed by atoms with E-state index in [4.69, 9.17) is 0 Å². The number of likely N-dealkylation sites (tertiary alicyclic amines) is 1. The number of carbonyl (C=O) groups excluding carboxylic acids is 4. The predicted octanol–water partition coefficient (Wildman–Crippen LogP) is -1.16. The van der Waals surface area contributed by atoms with Gasteiger partial charge in [0.1, 0.15) is 6.04 Å². The normalized spacial score (nSPS) is 24.5. The second kappa shape index (κ2) is 8.61. The third-order valence-electron chi connectivity index (χ3n) is 6.72. The summed E-state index contributed by atoms with van der Waals surface area (Å²) in [5, 5.41) is 29.3. The van der Waals surface area contributed by atoms with Crippen LogP contribution in [0.5, 0.6) is 0 Å². The van der Waals surface area contributed by atoms with Crippen molar-refractivity contribution in [1.82, 2.24) is 30.1 Å². The third kappa shape index (κ3) is 3.74. The Kier molecular flexibility index (Phi) is 5.62. The Morgan fingerprint density at radius 3 is 2.74 bits per heavy atom. The molecule has 0 spiro atoms. The van der Waals surface area contributed by atoms with Crippen molar-refractivity contribution in [2.75, 3.05) is 19.8 Å². The first-order valence-electron chi connectivity index (χ1n) is 11.1. The van der Waals surface area contributed by atoms with Crippen molar-refractivity contribution in [2.24, 2.45) is 5.92 Å². The molecule has 2 aromatic rings. The first kappa shape index (κ1) is 22.2. The fourth-order valence-corrected chi connectivity index (χ4v) is 4.91. The van der Waals surface area contributed by atoms with E-state index in [0.29, 0.717) is 29.8 Å². The van der Waals surface area contributed by atoms with E-state index >= 15 is 0 Å². The lowest BCUT2D eigenvalue weighted by Crippen LogP contribution is -2.52. The van der Waals surface area contributed by atoms with Crippen LogP contribution >= 0.6 is 0 Å². The van der Waals surface area contributed by atoms with Gasteiger partial charge in [-0.15, -0.1) is 5.10 Å². The number of rotatable bonds is 5. The van der Waals surface area contributed by atoms with Crippen LogP contribution in [0.4, 0.5) is 0 Å². The zero-order valence-corrected chi connectivity index (χ0v) is 18.3. The number of amides is 4. The Balaban J connectivity index is 1.34. The van der Waals surface area contributed by atoms with Gasteiger partial charge in [0.15, 0.2) is 5.69 Å². The van der Waals surface area contributed by atoms with Crippen molar-refractivity contribution >= 4 is 23.6 Å². The summed E-state index contributed by atoms with van der Waals surface area (Å²) in [6.45, 7) is 0.309. The lowest BCUT2D eigenvalue weighted by molar-refractivity contribution is -0.136. The van der Waals surface area contributed by atoms with Crippen LogP contribution in [-0.2, 0) is 16.1 Å². The van der Waals surface area contributed by atoms with Crippen LogP contribution in [0.2, 0.25) is 0 Å². The summed E-state index contributed by atoms with van der Waals surface area (Å²) < 4.78 is 1.43. The van der Waals surface area contributed by atoms with Gasteiger partial charge in [0, 0.05) is 37.6 Å². The molecular formula is C22H24N6O6. The van der Waals surface area contributed by atoms with Gasteiger partial charge in [-0.25, -0.2) is 4.68 Å². The number of piperidine rings is 1. The molecule has 4 heterocycles. The maximum absolute atomic E-state index is 12.9. The minimum atomic E-state index is -0.695. The predicted molar refractivity (Wildman–Crippen MR) is 115 cm³/mol. The molecular weight excluding hydrogens is 444 g/mol. The van der Waals surface area contributed by atoms with E-state index in [-0.39, 0.29) is 68.0 Å². The van der Waals surface area contributed by atoms with E-state index in [0.717, 1.165) is 0 Å². The lowest BCUT2D eigenvalue weighted by atomic mass is 10.0. The molecule has 3 unspecified atom stereocenters. The number of aliphatic hydroxyl groups excluding tert-OH is 2. The van der Waals surface area contributed by atoms with Gasteiger partial charge in [-0.1, -0.05) is 5.21 Å². The zero-order chi connectivity index (χ0) is 24.0. The highest BCUT2D eigenvalue weighted by molar-refractivity contribution is 6.05. The summed E-state index contributed by atoms with van der Waals surface area (Å²) in [4.78, 5) is 52.4. The summed E-state index contributed by atoms with van der Waals surface area (Å²) in [5.74, 6) is -1.54. The maximum Gasteiger partial charge on any atom is 0.276 e. The highest BCUT2D eigenvalue weighted by Crippen LogP contribution is 2.29. The van der Waals surface area contributed by atoms with Crippen LogP contribution in [-0.4, -0.2) is 90.5 Å². The molecule has 3 N–H and O–H groups in total. The number of nitrogens with zero attached hydrogens (tertiary/aromatic N) is 5. The monoisotopic (exact) mass is 468 g/mol. The van der Waals surface area contributed by atoms with Crippen molar-refractivity contribution in [3.63, 3.8) is 0 Å². The first-order valence-corrected chi connectivity index (χ1v) is 11.1. The van der Waals surface area contributed by atoms with E-state index in [1.807, 2.05) is 0 Å². The zero-order valence-electron chi connectivity index (χ0n) is 18.3. The molecule has 3 aliphatic rings. The highest BCUT2D eigenvalue weighted by Gasteiger charge is 2.39. The number of fused-ring (bicyclic) bond motifs is 1. The first-order chi connectivity index (χ1) is 16.4. The van der Waals surface area contributed by atoms with Gasteiger partial charge >= 0.3 is 0 Å². The van der Waals surface area contributed by atoms with Crippen molar-refractivity contribution in [3.8, 4) is 5.69 Å². The lowest BCUT2D eigenvalue weighted by Gasteiger charge is -2.29. The van der Waals surface area contributed by atoms with Crippen LogP contribution in [0.3, 0.4) is 0 Å². The Morgan fingerprint density at radius 1 is 1.18 bits per heavy atom. The molecule has 12 nitrogen and oxygen atoms in total. The summed E-state index contributed by atoms with van der Waals surface area (Å²) in [6, 6.07) is 4.02. The Hall–Kier alpha value is -3.64. The average Bonchev–Trinajstić information content (AvgIpc) is 3.56. The quantitative estimate of drug-likeness (QED) is 0.464. The van der Waals surface area contributed by atoms with Crippen molar-refractivity contribution in [3.05, 3.63) is 41.2 Å².